The Labute approximate surface area is 206 Å². The van der Waals surface area contributed by atoms with E-state index in [0.29, 0.717) is 11.1 Å². The standard InChI is InChI=1S/C23H36F3N3.C3H4.C2H6/c1-22(2,3)18-28-11-8-19(9-12-28)7-10-27-13-15-29(16-14-27)21-6-4-5-20(17-21)23(24,25)26;1-3-2;1-2/h4-6,17,19H,7-16,18H2,1-3H3;1-2H2;1-2H3. The largest absolute Gasteiger partial charge is 0.416 e. The first-order chi connectivity index (χ1) is 16.0. The summed E-state index contributed by atoms with van der Waals surface area (Å²) in [6.07, 6.45) is -0.451. The van der Waals surface area contributed by atoms with Gasteiger partial charge in [-0.25, -0.2) is 0 Å². The number of likely N-dealkylation sites (tertiary alicyclic amines) is 1. The van der Waals surface area contributed by atoms with Gasteiger partial charge in [0, 0.05) is 38.4 Å². The summed E-state index contributed by atoms with van der Waals surface area (Å²) >= 11 is 0. The van der Waals surface area contributed by atoms with Gasteiger partial charge in [0.05, 0.1) is 5.56 Å². The van der Waals surface area contributed by atoms with Crippen LogP contribution in [0.5, 0.6) is 0 Å². The Morgan fingerprint density at radius 1 is 0.912 bits per heavy atom. The molecule has 2 saturated heterocycles. The highest BCUT2D eigenvalue weighted by Gasteiger charge is 2.31. The van der Waals surface area contributed by atoms with Gasteiger partial charge in [-0.3, -0.25) is 4.90 Å². The lowest BCUT2D eigenvalue weighted by atomic mass is 9.90. The van der Waals surface area contributed by atoms with Gasteiger partial charge in [-0.05, 0) is 68.4 Å². The molecule has 194 valence electrons. The maximum Gasteiger partial charge on any atom is 0.416 e. The summed E-state index contributed by atoms with van der Waals surface area (Å²) < 4.78 is 38.8. The Bertz CT molecular complexity index is 717. The van der Waals surface area contributed by atoms with E-state index in [1.165, 1.54) is 51.0 Å². The Kier molecular flexibility index (Phi) is 13.0. The van der Waals surface area contributed by atoms with E-state index in [1.54, 1.807) is 6.07 Å². The topological polar surface area (TPSA) is 9.72 Å². The molecule has 3 nitrogen and oxygen atoms in total. The average molecular weight is 482 g/mol. The van der Waals surface area contributed by atoms with Gasteiger partial charge in [0.25, 0.3) is 0 Å². The molecule has 3 rings (SSSR count). The van der Waals surface area contributed by atoms with Crippen molar-refractivity contribution >= 4 is 5.69 Å². The predicted octanol–water partition coefficient (Wildman–Crippen LogP) is 6.96. The average Bonchev–Trinajstić information content (AvgIpc) is 2.79. The molecule has 0 radical (unpaired) electrons. The number of hydrogen-bond donors (Lipinski definition) is 0. The number of benzene rings is 1. The third kappa shape index (κ3) is 11.1. The van der Waals surface area contributed by atoms with Crippen molar-refractivity contribution in [3.8, 4) is 0 Å². The molecule has 0 atom stereocenters. The molecule has 1 aromatic rings. The van der Waals surface area contributed by atoms with Gasteiger partial charge in [0.2, 0.25) is 0 Å². The summed E-state index contributed by atoms with van der Waals surface area (Å²) in [4.78, 5) is 7.16. The van der Waals surface area contributed by atoms with Gasteiger partial charge in [-0.15, -0.1) is 5.73 Å². The Morgan fingerprint density at radius 2 is 1.47 bits per heavy atom. The van der Waals surface area contributed by atoms with Crippen molar-refractivity contribution in [2.45, 2.75) is 60.1 Å². The van der Waals surface area contributed by atoms with Crippen LogP contribution in [0.1, 0.15) is 59.4 Å². The van der Waals surface area contributed by atoms with Crippen molar-refractivity contribution in [3.05, 3.63) is 48.7 Å². The second-order valence-corrected chi connectivity index (χ2v) is 10.2. The summed E-state index contributed by atoms with van der Waals surface area (Å²) in [7, 11) is 0. The number of piperidine rings is 1. The minimum absolute atomic E-state index is 0.367. The quantitative estimate of drug-likeness (QED) is 0.421. The number of hydrogen-bond acceptors (Lipinski definition) is 3. The van der Waals surface area contributed by atoms with Crippen LogP contribution in [-0.2, 0) is 6.18 Å². The van der Waals surface area contributed by atoms with Crippen molar-refractivity contribution in [3.63, 3.8) is 0 Å². The molecule has 2 heterocycles. The maximum absolute atomic E-state index is 12.9. The third-order valence-electron chi connectivity index (χ3n) is 6.17. The zero-order valence-corrected chi connectivity index (χ0v) is 22.1. The van der Waals surface area contributed by atoms with Gasteiger partial charge >= 0.3 is 6.18 Å². The highest BCUT2D eigenvalue weighted by atomic mass is 19.4. The molecule has 0 amide bonds. The molecule has 0 spiro atoms. The lowest BCUT2D eigenvalue weighted by molar-refractivity contribution is -0.137. The number of halogens is 3. The zero-order chi connectivity index (χ0) is 25.8. The summed E-state index contributed by atoms with van der Waals surface area (Å²) in [5.74, 6) is 0.813. The van der Waals surface area contributed by atoms with Crippen LogP contribution in [-0.4, -0.2) is 62.2 Å². The fourth-order valence-electron chi connectivity index (χ4n) is 4.58. The molecule has 2 aliphatic heterocycles. The zero-order valence-electron chi connectivity index (χ0n) is 22.1. The van der Waals surface area contributed by atoms with E-state index in [0.717, 1.165) is 44.7 Å². The molecule has 0 aliphatic carbocycles. The van der Waals surface area contributed by atoms with Gasteiger partial charge in [0.15, 0.2) is 0 Å². The van der Waals surface area contributed by atoms with E-state index < -0.39 is 11.7 Å². The van der Waals surface area contributed by atoms with Gasteiger partial charge in [-0.1, -0.05) is 53.8 Å². The Hall–Kier alpha value is -1.75. The molecule has 2 fully saturated rings. The van der Waals surface area contributed by atoms with Crippen LogP contribution in [0.4, 0.5) is 18.9 Å². The van der Waals surface area contributed by atoms with E-state index >= 15 is 0 Å². The van der Waals surface area contributed by atoms with Crippen LogP contribution in [0.25, 0.3) is 0 Å². The molecule has 0 N–H and O–H groups in total. The van der Waals surface area contributed by atoms with Gasteiger partial charge in [-0.2, -0.15) is 13.2 Å². The van der Waals surface area contributed by atoms with E-state index in [9.17, 15) is 13.2 Å². The normalized spacial score (nSPS) is 18.3. The van der Waals surface area contributed by atoms with E-state index in [-0.39, 0.29) is 0 Å². The van der Waals surface area contributed by atoms with Gasteiger partial charge in [0.1, 0.15) is 0 Å². The van der Waals surface area contributed by atoms with E-state index in [2.05, 4.69) is 54.4 Å². The van der Waals surface area contributed by atoms with Crippen LogP contribution in [0.2, 0.25) is 0 Å². The van der Waals surface area contributed by atoms with Crippen molar-refractivity contribution in [2.75, 3.05) is 57.3 Å². The second-order valence-electron chi connectivity index (χ2n) is 10.2. The number of alkyl halides is 3. The first-order valence-corrected chi connectivity index (χ1v) is 12.7. The molecule has 6 heteroatoms. The lowest BCUT2D eigenvalue weighted by Crippen LogP contribution is -2.47. The first kappa shape index (κ1) is 30.3. The Balaban J connectivity index is 0.00000107. The molecule has 0 saturated carbocycles. The van der Waals surface area contributed by atoms with Crippen molar-refractivity contribution in [1.29, 1.82) is 0 Å². The summed E-state index contributed by atoms with van der Waals surface area (Å²) in [5.41, 5.74) is 2.74. The first-order valence-electron chi connectivity index (χ1n) is 12.7. The van der Waals surface area contributed by atoms with E-state index in [1.807, 2.05) is 13.8 Å². The van der Waals surface area contributed by atoms with Crippen LogP contribution >= 0.6 is 0 Å². The molecular weight excluding hydrogens is 435 g/mol. The minimum Gasteiger partial charge on any atom is -0.369 e. The number of nitrogens with zero attached hydrogens (tertiary/aromatic N) is 3. The summed E-state index contributed by atoms with van der Waals surface area (Å²) in [6, 6.07) is 5.72. The van der Waals surface area contributed by atoms with Crippen molar-refractivity contribution in [2.24, 2.45) is 11.3 Å². The monoisotopic (exact) mass is 481 g/mol. The van der Waals surface area contributed by atoms with Crippen molar-refractivity contribution in [1.82, 2.24) is 9.80 Å². The molecule has 1 aromatic carbocycles. The number of rotatable bonds is 5. The van der Waals surface area contributed by atoms with Gasteiger partial charge < -0.3 is 9.80 Å². The Morgan fingerprint density at radius 3 is 1.97 bits per heavy atom. The van der Waals surface area contributed by atoms with Crippen LogP contribution in [0, 0.1) is 11.3 Å². The highest BCUT2D eigenvalue weighted by Crippen LogP contribution is 2.32. The third-order valence-corrected chi connectivity index (χ3v) is 6.17. The van der Waals surface area contributed by atoms with E-state index in [4.69, 9.17) is 0 Å². The SMILES string of the molecule is C=C=C.CC.CC(C)(C)CN1CCC(CCN2CCN(c3cccc(C(F)(F)F)c3)CC2)CC1. The smallest absolute Gasteiger partial charge is 0.369 e. The molecular formula is C28H46F3N3. The molecule has 34 heavy (non-hydrogen) atoms. The fraction of sp³-hybridized carbons (Fsp3) is 0.679. The maximum atomic E-state index is 12.9. The van der Waals surface area contributed by atoms with Crippen molar-refractivity contribution < 1.29 is 13.2 Å². The van der Waals surface area contributed by atoms with Crippen LogP contribution in [0.3, 0.4) is 0 Å². The van der Waals surface area contributed by atoms with Crippen LogP contribution < -0.4 is 4.90 Å². The minimum atomic E-state index is -4.28. The highest BCUT2D eigenvalue weighted by molar-refractivity contribution is 5.49. The molecule has 2 aliphatic rings. The summed E-state index contributed by atoms with van der Waals surface area (Å²) in [5, 5.41) is 0. The molecule has 0 unspecified atom stereocenters. The molecule has 0 aromatic heterocycles. The predicted molar refractivity (Wildman–Crippen MR) is 139 cm³/mol. The summed E-state index contributed by atoms with van der Waals surface area (Å²) in [6.45, 7) is 25.3. The van der Waals surface area contributed by atoms with Crippen LogP contribution in [0.15, 0.2) is 43.2 Å². The number of piperazine rings is 1. The molecule has 0 bridgehead atoms. The second kappa shape index (κ2) is 14.6. The number of anilines is 1. The lowest BCUT2D eigenvalue weighted by Gasteiger charge is -2.38. The fourth-order valence-corrected chi connectivity index (χ4v) is 4.58.